The van der Waals surface area contributed by atoms with Gasteiger partial charge < -0.3 is 16.5 Å². The van der Waals surface area contributed by atoms with Crippen LogP contribution in [0.3, 0.4) is 0 Å². The highest BCUT2D eigenvalue weighted by molar-refractivity contribution is 6.30. The lowest BCUT2D eigenvalue weighted by Gasteiger charge is -2.08. The molecule has 0 atom stereocenters. The molecule has 0 bridgehead atoms. The van der Waals surface area contributed by atoms with E-state index < -0.39 is 0 Å². The molecule has 0 fully saturated rings. The lowest BCUT2D eigenvalue weighted by atomic mass is 10.1. The van der Waals surface area contributed by atoms with Crippen LogP contribution in [0.25, 0.3) is 16.6 Å². The van der Waals surface area contributed by atoms with Gasteiger partial charge >= 0.3 is 0 Å². The Balaban J connectivity index is 1.81. The third-order valence-electron chi connectivity index (χ3n) is 3.57. The Bertz CT molecular complexity index is 920. The normalized spacial score (nSPS) is 11.5. The molecular weight excluding hydrogens is 322 g/mol. The third kappa shape index (κ3) is 3.52. The molecule has 0 aliphatic carbocycles. The molecule has 6 heteroatoms. The number of hydrogen-bond acceptors (Lipinski definition) is 5. The van der Waals surface area contributed by atoms with Gasteiger partial charge in [0.2, 0.25) is 0 Å². The molecule has 2 aromatic carbocycles. The molecule has 0 saturated carbocycles. The molecule has 0 radical (unpaired) electrons. The molecule has 1 heterocycles. The van der Waals surface area contributed by atoms with Crippen LogP contribution in [0.4, 0.5) is 5.82 Å². The fraction of sp³-hybridized carbons (Fsp3) is 0.0556. The predicted octanol–water partition coefficient (Wildman–Crippen LogP) is 3.84. The van der Waals surface area contributed by atoms with Crippen LogP contribution >= 0.6 is 11.6 Å². The zero-order valence-electron chi connectivity index (χ0n) is 12.8. The van der Waals surface area contributed by atoms with Gasteiger partial charge in [0.25, 0.3) is 0 Å². The SMILES string of the molecule is N=CC(=CN)c1ccc2nc(NCc3cccc(Cl)c3)cnc2c1. The minimum absolute atomic E-state index is 0.618. The molecule has 0 aliphatic heterocycles. The summed E-state index contributed by atoms with van der Waals surface area (Å²) in [5, 5.41) is 11.3. The maximum atomic E-state index is 7.36. The molecular formula is C18H16ClN5. The van der Waals surface area contributed by atoms with Crippen molar-refractivity contribution in [2.75, 3.05) is 5.32 Å². The number of allylic oxidation sites excluding steroid dienone is 1. The first kappa shape index (κ1) is 16.0. The lowest BCUT2D eigenvalue weighted by Crippen LogP contribution is -2.02. The van der Waals surface area contributed by atoms with Crippen molar-refractivity contribution in [1.29, 1.82) is 5.41 Å². The van der Waals surface area contributed by atoms with E-state index >= 15 is 0 Å². The van der Waals surface area contributed by atoms with Gasteiger partial charge in [0.1, 0.15) is 5.82 Å². The Kier molecular flexibility index (Phi) is 4.72. The van der Waals surface area contributed by atoms with Crippen LogP contribution < -0.4 is 11.1 Å². The van der Waals surface area contributed by atoms with Crippen LogP contribution in [0, 0.1) is 5.41 Å². The van der Waals surface area contributed by atoms with Crippen molar-refractivity contribution in [3.63, 3.8) is 0 Å². The van der Waals surface area contributed by atoms with Crippen LogP contribution in [0.5, 0.6) is 0 Å². The molecule has 3 rings (SSSR count). The fourth-order valence-corrected chi connectivity index (χ4v) is 2.56. The van der Waals surface area contributed by atoms with E-state index in [2.05, 4.69) is 15.3 Å². The van der Waals surface area contributed by atoms with Crippen LogP contribution in [-0.4, -0.2) is 16.2 Å². The first-order valence-electron chi connectivity index (χ1n) is 7.37. The molecule has 0 amide bonds. The number of rotatable bonds is 5. The number of halogens is 1. The Hall–Kier alpha value is -2.92. The Morgan fingerprint density at radius 1 is 1.21 bits per heavy atom. The zero-order valence-corrected chi connectivity index (χ0v) is 13.6. The van der Waals surface area contributed by atoms with Crippen LogP contribution in [0.15, 0.2) is 54.9 Å². The fourth-order valence-electron chi connectivity index (χ4n) is 2.34. The Morgan fingerprint density at radius 3 is 2.83 bits per heavy atom. The van der Waals surface area contributed by atoms with E-state index in [-0.39, 0.29) is 0 Å². The Labute approximate surface area is 144 Å². The number of nitrogens with two attached hydrogens (primary N) is 1. The maximum absolute atomic E-state index is 7.36. The monoisotopic (exact) mass is 337 g/mol. The van der Waals surface area contributed by atoms with Crippen LogP contribution in [0.2, 0.25) is 5.02 Å². The molecule has 0 spiro atoms. The number of aromatic nitrogens is 2. The van der Waals surface area contributed by atoms with E-state index in [0.29, 0.717) is 23.0 Å². The van der Waals surface area contributed by atoms with Gasteiger partial charge in [-0.3, -0.25) is 4.98 Å². The van der Waals surface area contributed by atoms with Gasteiger partial charge in [-0.15, -0.1) is 0 Å². The van der Waals surface area contributed by atoms with Gasteiger partial charge in [-0.2, -0.15) is 0 Å². The van der Waals surface area contributed by atoms with E-state index in [1.807, 2.05) is 42.5 Å². The highest BCUT2D eigenvalue weighted by Gasteiger charge is 2.04. The van der Waals surface area contributed by atoms with Crippen molar-refractivity contribution in [1.82, 2.24) is 9.97 Å². The van der Waals surface area contributed by atoms with Crippen molar-refractivity contribution in [2.45, 2.75) is 6.54 Å². The molecule has 5 nitrogen and oxygen atoms in total. The highest BCUT2D eigenvalue weighted by Crippen LogP contribution is 2.19. The number of benzene rings is 2. The standard InChI is InChI=1S/C18H16ClN5/c19-15-3-1-2-12(6-15)10-23-18-11-22-17-7-13(14(8-20)9-21)4-5-16(17)24-18/h1-9,11,20H,10,21H2,(H,23,24). The summed E-state index contributed by atoms with van der Waals surface area (Å²) in [7, 11) is 0. The average molecular weight is 338 g/mol. The number of fused-ring (bicyclic) bond motifs is 1. The number of nitrogens with zero attached hydrogens (tertiary/aromatic N) is 2. The lowest BCUT2D eigenvalue weighted by molar-refractivity contribution is 1.11. The molecule has 4 N–H and O–H groups in total. The molecule has 3 aromatic rings. The topological polar surface area (TPSA) is 87.7 Å². The first-order chi connectivity index (χ1) is 11.7. The second-order valence-corrected chi connectivity index (χ2v) is 5.64. The summed E-state index contributed by atoms with van der Waals surface area (Å²) in [4.78, 5) is 8.98. The zero-order chi connectivity index (χ0) is 16.9. The average Bonchev–Trinajstić information content (AvgIpc) is 2.61. The van der Waals surface area contributed by atoms with E-state index in [0.717, 1.165) is 22.2 Å². The summed E-state index contributed by atoms with van der Waals surface area (Å²) in [6.07, 6.45) is 4.31. The highest BCUT2D eigenvalue weighted by atomic mass is 35.5. The van der Waals surface area contributed by atoms with Crippen molar-refractivity contribution >= 4 is 40.2 Å². The summed E-state index contributed by atoms with van der Waals surface area (Å²) in [5.41, 5.74) is 9.60. The van der Waals surface area contributed by atoms with E-state index in [1.165, 1.54) is 12.4 Å². The van der Waals surface area contributed by atoms with Gasteiger partial charge in [-0.1, -0.05) is 29.8 Å². The quantitative estimate of drug-likeness (QED) is 0.617. The van der Waals surface area contributed by atoms with E-state index in [4.69, 9.17) is 22.7 Å². The summed E-state index contributed by atoms with van der Waals surface area (Å²) in [5.74, 6) is 0.692. The third-order valence-corrected chi connectivity index (χ3v) is 3.81. The molecule has 0 saturated heterocycles. The summed E-state index contributed by atoms with van der Waals surface area (Å²) < 4.78 is 0. The number of hydrogen-bond donors (Lipinski definition) is 3. The molecule has 24 heavy (non-hydrogen) atoms. The van der Waals surface area contributed by atoms with Crippen molar-refractivity contribution in [2.24, 2.45) is 5.73 Å². The van der Waals surface area contributed by atoms with E-state index in [1.54, 1.807) is 6.20 Å². The maximum Gasteiger partial charge on any atom is 0.145 e. The largest absolute Gasteiger partial charge is 0.404 e. The van der Waals surface area contributed by atoms with Crippen molar-refractivity contribution in [3.05, 3.63) is 71.0 Å². The first-order valence-corrected chi connectivity index (χ1v) is 7.75. The van der Waals surface area contributed by atoms with Gasteiger partial charge in [0.15, 0.2) is 0 Å². The number of nitrogens with one attached hydrogen (secondary N) is 2. The van der Waals surface area contributed by atoms with Gasteiger partial charge in [0.05, 0.1) is 17.2 Å². The van der Waals surface area contributed by atoms with Gasteiger partial charge in [-0.05, 0) is 35.4 Å². The summed E-state index contributed by atoms with van der Waals surface area (Å²) in [6, 6.07) is 13.3. The number of anilines is 1. The van der Waals surface area contributed by atoms with Crippen molar-refractivity contribution < 1.29 is 0 Å². The Morgan fingerprint density at radius 2 is 2.08 bits per heavy atom. The molecule has 0 unspecified atom stereocenters. The van der Waals surface area contributed by atoms with Crippen LogP contribution in [-0.2, 0) is 6.54 Å². The molecule has 0 aliphatic rings. The van der Waals surface area contributed by atoms with Gasteiger partial charge in [-0.25, -0.2) is 4.98 Å². The summed E-state index contributed by atoms with van der Waals surface area (Å²) >= 11 is 5.98. The second kappa shape index (κ2) is 7.10. The minimum Gasteiger partial charge on any atom is -0.404 e. The molecule has 1 aromatic heterocycles. The van der Waals surface area contributed by atoms with Gasteiger partial charge in [0, 0.05) is 29.6 Å². The predicted molar refractivity (Wildman–Crippen MR) is 99.3 cm³/mol. The molecule has 120 valence electrons. The minimum atomic E-state index is 0.618. The van der Waals surface area contributed by atoms with E-state index in [9.17, 15) is 0 Å². The smallest absolute Gasteiger partial charge is 0.145 e. The van der Waals surface area contributed by atoms with Crippen molar-refractivity contribution in [3.8, 4) is 0 Å². The van der Waals surface area contributed by atoms with Crippen LogP contribution in [0.1, 0.15) is 11.1 Å². The second-order valence-electron chi connectivity index (χ2n) is 5.21. The summed E-state index contributed by atoms with van der Waals surface area (Å²) in [6.45, 7) is 0.618.